The Labute approximate surface area is 119 Å². The summed E-state index contributed by atoms with van der Waals surface area (Å²) in [5, 5.41) is 4.54. The molecule has 0 unspecified atom stereocenters. The third-order valence-corrected chi connectivity index (χ3v) is 4.11. The molecule has 1 heterocycles. The monoisotopic (exact) mass is 268 g/mol. The zero-order valence-electron chi connectivity index (χ0n) is 12.1. The lowest BCUT2D eigenvalue weighted by Gasteiger charge is -2.11. The van der Waals surface area contributed by atoms with E-state index in [1.807, 2.05) is 11.7 Å². The van der Waals surface area contributed by atoms with E-state index in [0.717, 1.165) is 42.6 Å². The van der Waals surface area contributed by atoms with Crippen LogP contribution in [0.3, 0.4) is 0 Å². The van der Waals surface area contributed by atoms with Crippen molar-refractivity contribution >= 4 is 5.78 Å². The summed E-state index contributed by atoms with van der Waals surface area (Å²) in [7, 11) is 1.95. The molecule has 0 atom stereocenters. The number of aromatic nitrogens is 2. The standard InChI is InChI=1S/C17H20N2O/c1-3-12-6-4-7-13(10-12)11-15-17-14(18-19(15)2)8-5-9-16(17)20/h4,6-7,10H,3,5,8-9,11H2,1-2H3. The number of carbonyl (C=O) groups excluding carboxylic acids is 1. The van der Waals surface area contributed by atoms with Gasteiger partial charge in [-0.15, -0.1) is 0 Å². The minimum atomic E-state index is 0.265. The number of benzene rings is 1. The first-order valence-corrected chi connectivity index (χ1v) is 7.34. The predicted molar refractivity (Wildman–Crippen MR) is 79.1 cm³/mol. The second-order valence-corrected chi connectivity index (χ2v) is 5.52. The Hall–Kier alpha value is -1.90. The first kappa shape index (κ1) is 13.1. The third kappa shape index (κ3) is 2.28. The van der Waals surface area contributed by atoms with Crippen LogP contribution in [0.4, 0.5) is 0 Å². The molecule has 0 radical (unpaired) electrons. The lowest BCUT2D eigenvalue weighted by Crippen LogP contribution is -2.11. The van der Waals surface area contributed by atoms with Gasteiger partial charge in [-0.3, -0.25) is 9.48 Å². The molecule has 0 amide bonds. The maximum atomic E-state index is 12.2. The average Bonchev–Trinajstić information content (AvgIpc) is 2.77. The van der Waals surface area contributed by atoms with Crippen LogP contribution < -0.4 is 0 Å². The smallest absolute Gasteiger partial charge is 0.166 e. The van der Waals surface area contributed by atoms with Crippen molar-refractivity contribution in [3.63, 3.8) is 0 Å². The SMILES string of the molecule is CCc1cccc(Cc2c3c(nn2C)CCCC3=O)c1. The topological polar surface area (TPSA) is 34.9 Å². The Morgan fingerprint density at radius 3 is 2.85 bits per heavy atom. The molecule has 0 saturated carbocycles. The molecule has 0 spiro atoms. The molecule has 3 heteroatoms. The van der Waals surface area contributed by atoms with Crippen molar-refractivity contribution in [3.8, 4) is 0 Å². The number of nitrogens with zero attached hydrogens (tertiary/aromatic N) is 2. The molecule has 0 bridgehead atoms. The zero-order chi connectivity index (χ0) is 14.1. The second kappa shape index (κ2) is 5.23. The van der Waals surface area contributed by atoms with Crippen molar-refractivity contribution in [2.75, 3.05) is 0 Å². The van der Waals surface area contributed by atoms with E-state index < -0.39 is 0 Å². The van der Waals surface area contributed by atoms with Gasteiger partial charge < -0.3 is 0 Å². The van der Waals surface area contributed by atoms with E-state index in [1.54, 1.807) is 0 Å². The van der Waals surface area contributed by atoms with Crippen molar-refractivity contribution in [1.29, 1.82) is 0 Å². The van der Waals surface area contributed by atoms with Gasteiger partial charge in [-0.2, -0.15) is 5.10 Å². The maximum Gasteiger partial charge on any atom is 0.166 e. The van der Waals surface area contributed by atoms with Crippen LogP contribution in [0.5, 0.6) is 0 Å². The third-order valence-electron chi connectivity index (χ3n) is 4.11. The van der Waals surface area contributed by atoms with Crippen LogP contribution in [-0.4, -0.2) is 15.6 Å². The van der Waals surface area contributed by atoms with Crippen LogP contribution in [0.15, 0.2) is 24.3 Å². The second-order valence-electron chi connectivity index (χ2n) is 5.52. The largest absolute Gasteiger partial charge is 0.294 e. The van der Waals surface area contributed by atoms with Gasteiger partial charge in [0.2, 0.25) is 0 Å². The van der Waals surface area contributed by atoms with Crippen molar-refractivity contribution < 1.29 is 4.79 Å². The number of carbonyl (C=O) groups is 1. The van der Waals surface area contributed by atoms with E-state index in [2.05, 4.69) is 36.3 Å². The summed E-state index contributed by atoms with van der Waals surface area (Å²) < 4.78 is 1.90. The molecule has 1 aliphatic carbocycles. The molecule has 20 heavy (non-hydrogen) atoms. The van der Waals surface area contributed by atoms with Crippen LogP contribution >= 0.6 is 0 Å². The summed E-state index contributed by atoms with van der Waals surface area (Å²) in [6.45, 7) is 2.16. The Morgan fingerprint density at radius 2 is 2.05 bits per heavy atom. The van der Waals surface area contributed by atoms with Crippen molar-refractivity contribution in [2.24, 2.45) is 7.05 Å². The van der Waals surface area contributed by atoms with E-state index in [4.69, 9.17) is 0 Å². The minimum Gasteiger partial charge on any atom is -0.294 e. The number of aryl methyl sites for hydroxylation is 3. The average molecular weight is 268 g/mol. The predicted octanol–water partition coefficient (Wildman–Crippen LogP) is 3.09. The number of hydrogen-bond acceptors (Lipinski definition) is 2. The van der Waals surface area contributed by atoms with Crippen LogP contribution in [0.2, 0.25) is 0 Å². The Balaban J connectivity index is 1.98. The van der Waals surface area contributed by atoms with Gasteiger partial charge in [0, 0.05) is 19.9 Å². The Morgan fingerprint density at radius 1 is 1.25 bits per heavy atom. The molecule has 0 aliphatic heterocycles. The van der Waals surface area contributed by atoms with Gasteiger partial charge in [-0.05, 0) is 30.4 Å². The Kier molecular flexibility index (Phi) is 3.43. The molecular formula is C17H20N2O. The first-order chi connectivity index (χ1) is 9.69. The summed E-state index contributed by atoms with van der Waals surface area (Å²) in [6.07, 6.45) is 4.37. The highest BCUT2D eigenvalue weighted by atomic mass is 16.1. The highest BCUT2D eigenvalue weighted by molar-refractivity contribution is 5.99. The van der Waals surface area contributed by atoms with E-state index in [9.17, 15) is 4.79 Å². The maximum absolute atomic E-state index is 12.2. The summed E-state index contributed by atoms with van der Waals surface area (Å²) in [5.41, 5.74) is 5.54. The highest BCUT2D eigenvalue weighted by Gasteiger charge is 2.25. The van der Waals surface area contributed by atoms with Crippen molar-refractivity contribution in [1.82, 2.24) is 9.78 Å². The van der Waals surface area contributed by atoms with Gasteiger partial charge in [0.05, 0.1) is 17.0 Å². The Bertz CT molecular complexity index is 655. The summed E-state index contributed by atoms with van der Waals surface area (Å²) in [4.78, 5) is 12.2. The molecule has 0 saturated heterocycles. The molecule has 1 aromatic heterocycles. The van der Waals surface area contributed by atoms with Crippen LogP contribution in [0, 0.1) is 0 Å². The van der Waals surface area contributed by atoms with Gasteiger partial charge >= 0.3 is 0 Å². The van der Waals surface area contributed by atoms with Crippen molar-refractivity contribution in [2.45, 2.75) is 39.0 Å². The number of ketones is 1. The number of fused-ring (bicyclic) bond motifs is 1. The first-order valence-electron chi connectivity index (χ1n) is 7.34. The van der Waals surface area contributed by atoms with Crippen LogP contribution in [0.1, 0.15) is 52.6 Å². The summed E-state index contributed by atoms with van der Waals surface area (Å²) >= 11 is 0. The van der Waals surface area contributed by atoms with Crippen molar-refractivity contribution in [3.05, 3.63) is 52.3 Å². The molecule has 0 fully saturated rings. The lowest BCUT2D eigenvalue weighted by atomic mass is 9.92. The van der Waals surface area contributed by atoms with Crippen LogP contribution in [-0.2, 0) is 26.3 Å². The zero-order valence-corrected chi connectivity index (χ0v) is 12.1. The fourth-order valence-corrected chi connectivity index (χ4v) is 3.01. The molecule has 3 rings (SSSR count). The van der Waals surface area contributed by atoms with Gasteiger partial charge in [0.25, 0.3) is 0 Å². The molecule has 1 aromatic carbocycles. The normalized spacial score (nSPS) is 14.4. The fraction of sp³-hybridized carbons (Fsp3) is 0.412. The van der Waals surface area contributed by atoms with Gasteiger partial charge in [-0.1, -0.05) is 31.2 Å². The molecule has 1 aliphatic rings. The number of hydrogen-bond donors (Lipinski definition) is 0. The van der Waals surface area contributed by atoms with Gasteiger partial charge in [-0.25, -0.2) is 0 Å². The molecular weight excluding hydrogens is 248 g/mol. The van der Waals surface area contributed by atoms with Gasteiger partial charge in [0.15, 0.2) is 5.78 Å². The lowest BCUT2D eigenvalue weighted by molar-refractivity contribution is 0.0971. The summed E-state index contributed by atoms with van der Waals surface area (Å²) in [6, 6.07) is 8.60. The molecule has 0 N–H and O–H groups in total. The van der Waals surface area contributed by atoms with E-state index >= 15 is 0 Å². The number of rotatable bonds is 3. The number of Topliss-reactive ketones (excluding diaryl/α,β-unsaturated/α-hetero) is 1. The van der Waals surface area contributed by atoms with E-state index in [1.165, 1.54) is 11.1 Å². The molecule has 2 aromatic rings. The van der Waals surface area contributed by atoms with E-state index in [0.29, 0.717) is 6.42 Å². The van der Waals surface area contributed by atoms with Gasteiger partial charge in [0.1, 0.15) is 0 Å². The summed E-state index contributed by atoms with van der Waals surface area (Å²) in [5.74, 6) is 0.265. The van der Waals surface area contributed by atoms with E-state index in [-0.39, 0.29) is 5.78 Å². The fourth-order valence-electron chi connectivity index (χ4n) is 3.01. The highest BCUT2D eigenvalue weighted by Crippen LogP contribution is 2.25. The minimum absolute atomic E-state index is 0.265. The molecule has 3 nitrogen and oxygen atoms in total. The quantitative estimate of drug-likeness (QED) is 0.857. The van der Waals surface area contributed by atoms with Crippen LogP contribution in [0.25, 0.3) is 0 Å². The molecule has 104 valence electrons.